The van der Waals surface area contributed by atoms with Gasteiger partial charge in [0.15, 0.2) is 0 Å². The van der Waals surface area contributed by atoms with Crippen LogP contribution in [0.25, 0.3) is 5.69 Å². The topological polar surface area (TPSA) is 99.8 Å². The van der Waals surface area contributed by atoms with Crippen molar-refractivity contribution < 1.29 is 9.53 Å². The van der Waals surface area contributed by atoms with Gasteiger partial charge in [-0.3, -0.25) is 4.79 Å². The molecule has 3 aromatic rings. The van der Waals surface area contributed by atoms with Gasteiger partial charge in [-0.15, -0.1) is 5.10 Å². The van der Waals surface area contributed by atoms with E-state index >= 15 is 0 Å². The fraction of sp³-hybridized carbons (Fsp3) is 0.389. The summed E-state index contributed by atoms with van der Waals surface area (Å²) in [6.07, 6.45) is 2.21. The molecule has 146 valence electrons. The zero-order chi connectivity index (χ0) is 19.3. The number of hydrogen-bond donors (Lipinski definition) is 1. The molecule has 2 aromatic heterocycles. The van der Waals surface area contributed by atoms with Crippen molar-refractivity contribution in [1.29, 1.82) is 0 Å². The van der Waals surface area contributed by atoms with Gasteiger partial charge in [0.1, 0.15) is 5.82 Å². The van der Waals surface area contributed by atoms with Crippen molar-refractivity contribution in [3.63, 3.8) is 0 Å². The van der Waals surface area contributed by atoms with Crippen LogP contribution < -0.4 is 5.32 Å². The first kappa shape index (κ1) is 18.6. The van der Waals surface area contributed by atoms with Crippen LogP contribution in [-0.4, -0.2) is 54.4 Å². The molecular formula is C18H21N7O2S. The predicted molar refractivity (Wildman–Crippen MR) is 104 cm³/mol. The van der Waals surface area contributed by atoms with Gasteiger partial charge >= 0.3 is 0 Å². The van der Waals surface area contributed by atoms with Crippen LogP contribution >= 0.6 is 11.8 Å². The lowest BCUT2D eigenvalue weighted by Crippen LogP contribution is -2.19. The zero-order valence-corrected chi connectivity index (χ0v) is 16.3. The van der Waals surface area contributed by atoms with E-state index in [1.807, 2.05) is 43.3 Å². The second-order valence-corrected chi connectivity index (χ2v) is 7.48. The average Bonchev–Trinajstić information content (AvgIpc) is 3.43. The van der Waals surface area contributed by atoms with Crippen LogP contribution in [0.2, 0.25) is 0 Å². The van der Waals surface area contributed by atoms with Crippen molar-refractivity contribution in [2.24, 2.45) is 0 Å². The molecule has 1 amide bonds. The predicted octanol–water partition coefficient (Wildman–Crippen LogP) is 2.08. The van der Waals surface area contributed by atoms with Crippen molar-refractivity contribution in [2.75, 3.05) is 17.7 Å². The normalized spacial score (nSPS) is 16.4. The van der Waals surface area contributed by atoms with Gasteiger partial charge in [0.05, 0.1) is 29.8 Å². The fourth-order valence-electron chi connectivity index (χ4n) is 3.06. The molecule has 28 heavy (non-hydrogen) atoms. The second-order valence-electron chi connectivity index (χ2n) is 6.53. The number of thioether (sulfide) groups is 1. The lowest BCUT2D eigenvalue weighted by atomic mass is 10.2. The molecule has 1 aromatic carbocycles. The van der Waals surface area contributed by atoms with Crippen molar-refractivity contribution in [3.05, 3.63) is 42.1 Å². The van der Waals surface area contributed by atoms with Crippen LogP contribution in [-0.2, 0) is 16.1 Å². The van der Waals surface area contributed by atoms with Crippen LogP contribution in [0.3, 0.4) is 0 Å². The summed E-state index contributed by atoms with van der Waals surface area (Å²) in [5.41, 5.74) is 1.71. The van der Waals surface area contributed by atoms with Gasteiger partial charge in [0, 0.05) is 12.7 Å². The molecule has 9 nitrogen and oxygen atoms in total. The molecule has 0 unspecified atom stereocenters. The first-order valence-corrected chi connectivity index (χ1v) is 10.1. The minimum Gasteiger partial charge on any atom is -0.376 e. The minimum atomic E-state index is -0.145. The monoisotopic (exact) mass is 399 g/mol. The molecule has 1 saturated heterocycles. The number of anilines is 1. The third-order valence-corrected chi connectivity index (χ3v) is 5.29. The molecule has 4 rings (SSSR count). The van der Waals surface area contributed by atoms with E-state index in [4.69, 9.17) is 4.74 Å². The number of nitrogens with zero attached hydrogens (tertiary/aromatic N) is 6. The number of aromatic nitrogens is 6. The summed E-state index contributed by atoms with van der Waals surface area (Å²) in [6.45, 7) is 3.28. The Morgan fingerprint density at radius 3 is 3.00 bits per heavy atom. The smallest absolute Gasteiger partial charge is 0.236 e. The molecule has 0 radical (unpaired) electrons. The quantitative estimate of drug-likeness (QED) is 0.607. The maximum Gasteiger partial charge on any atom is 0.236 e. The highest BCUT2D eigenvalue weighted by atomic mass is 32.2. The van der Waals surface area contributed by atoms with Crippen molar-refractivity contribution >= 4 is 23.5 Å². The Balaban J connectivity index is 1.38. The molecule has 0 aliphatic carbocycles. The van der Waals surface area contributed by atoms with Crippen molar-refractivity contribution in [2.45, 2.75) is 37.6 Å². The van der Waals surface area contributed by atoms with Crippen molar-refractivity contribution in [3.8, 4) is 5.69 Å². The number of nitrogens with one attached hydrogen (secondary N) is 1. The SMILES string of the molecule is Cc1cc(NC(=O)CSc2nnnn2C[C@H]2CCCO2)n(-c2ccccc2)n1. The molecule has 1 atom stereocenters. The number of hydrogen-bond acceptors (Lipinski definition) is 7. The van der Waals surface area contributed by atoms with Crippen LogP contribution in [0.5, 0.6) is 0 Å². The van der Waals surface area contributed by atoms with Gasteiger partial charge < -0.3 is 10.1 Å². The van der Waals surface area contributed by atoms with E-state index < -0.39 is 0 Å². The second kappa shape index (κ2) is 8.53. The first-order chi connectivity index (χ1) is 13.7. The summed E-state index contributed by atoms with van der Waals surface area (Å²) in [5, 5.41) is 19.7. The summed E-state index contributed by atoms with van der Waals surface area (Å²) in [7, 11) is 0. The van der Waals surface area contributed by atoms with E-state index in [1.54, 1.807) is 9.36 Å². The van der Waals surface area contributed by atoms with Crippen LogP contribution in [0.4, 0.5) is 5.82 Å². The first-order valence-electron chi connectivity index (χ1n) is 9.11. The summed E-state index contributed by atoms with van der Waals surface area (Å²) in [5.74, 6) is 0.687. The summed E-state index contributed by atoms with van der Waals surface area (Å²) in [6, 6.07) is 11.5. The highest BCUT2D eigenvalue weighted by Gasteiger charge is 2.19. The van der Waals surface area contributed by atoms with E-state index in [0.717, 1.165) is 30.8 Å². The molecule has 0 bridgehead atoms. The molecule has 0 saturated carbocycles. The highest BCUT2D eigenvalue weighted by molar-refractivity contribution is 7.99. The van der Waals surface area contributed by atoms with Crippen LogP contribution in [0.1, 0.15) is 18.5 Å². The summed E-state index contributed by atoms with van der Waals surface area (Å²) < 4.78 is 9.05. The number of tetrazole rings is 1. The molecule has 1 aliphatic rings. The van der Waals surface area contributed by atoms with Gasteiger partial charge in [-0.25, -0.2) is 9.36 Å². The molecular weight excluding hydrogens is 378 g/mol. The number of ether oxygens (including phenoxy) is 1. The lowest BCUT2D eigenvalue weighted by molar-refractivity contribution is -0.113. The largest absolute Gasteiger partial charge is 0.376 e. The van der Waals surface area contributed by atoms with Gasteiger partial charge in [-0.2, -0.15) is 5.10 Å². The summed E-state index contributed by atoms with van der Waals surface area (Å²) >= 11 is 1.30. The highest BCUT2D eigenvalue weighted by Crippen LogP contribution is 2.20. The van der Waals surface area contributed by atoms with E-state index in [2.05, 4.69) is 25.9 Å². The number of benzene rings is 1. The van der Waals surface area contributed by atoms with E-state index in [9.17, 15) is 4.79 Å². The Bertz CT molecular complexity index is 935. The van der Waals surface area contributed by atoms with Crippen molar-refractivity contribution in [1.82, 2.24) is 30.0 Å². The van der Waals surface area contributed by atoms with Crippen LogP contribution in [0, 0.1) is 6.92 Å². The number of aryl methyl sites for hydroxylation is 1. The summed E-state index contributed by atoms with van der Waals surface area (Å²) in [4.78, 5) is 12.5. The third kappa shape index (κ3) is 4.39. The number of carbonyl (C=O) groups excluding carboxylic acids is 1. The Labute approximate surface area is 166 Å². The van der Waals surface area contributed by atoms with E-state index in [-0.39, 0.29) is 17.8 Å². The molecule has 10 heteroatoms. The standard InChI is InChI=1S/C18H21N7O2S/c1-13-10-16(25(21-13)14-6-3-2-4-7-14)19-17(26)12-28-18-20-22-23-24(18)11-15-8-5-9-27-15/h2-4,6-7,10,15H,5,8-9,11-12H2,1H3,(H,19,26)/t15-/m1/s1. The number of amides is 1. The third-order valence-electron chi connectivity index (χ3n) is 4.33. The maximum atomic E-state index is 12.5. The average molecular weight is 399 g/mol. The van der Waals surface area contributed by atoms with E-state index in [0.29, 0.717) is 17.5 Å². The Morgan fingerprint density at radius 1 is 1.36 bits per heavy atom. The molecule has 0 spiro atoms. The lowest BCUT2D eigenvalue weighted by Gasteiger charge is -2.10. The van der Waals surface area contributed by atoms with Gasteiger partial charge in [0.25, 0.3) is 0 Å². The Hall–Kier alpha value is -2.72. The fourth-order valence-corrected chi connectivity index (χ4v) is 3.75. The van der Waals surface area contributed by atoms with Crippen LogP contribution in [0.15, 0.2) is 41.6 Å². The molecule has 1 fully saturated rings. The van der Waals surface area contributed by atoms with E-state index in [1.165, 1.54) is 11.8 Å². The van der Waals surface area contributed by atoms with Gasteiger partial charge in [-0.05, 0) is 42.3 Å². The minimum absolute atomic E-state index is 0.139. The number of rotatable bonds is 7. The molecule has 1 N–H and O–H groups in total. The Morgan fingerprint density at radius 2 is 2.21 bits per heavy atom. The zero-order valence-electron chi connectivity index (χ0n) is 15.5. The van der Waals surface area contributed by atoms with Gasteiger partial charge in [-0.1, -0.05) is 30.0 Å². The Kier molecular flexibility index (Phi) is 5.68. The maximum absolute atomic E-state index is 12.5. The van der Waals surface area contributed by atoms with Gasteiger partial charge in [0.2, 0.25) is 11.1 Å². The molecule has 3 heterocycles. The number of carbonyl (C=O) groups is 1. The molecule has 1 aliphatic heterocycles. The number of para-hydroxylation sites is 1.